The average Bonchev–Trinajstić information content (AvgIpc) is 2.14. The summed E-state index contributed by atoms with van der Waals surface area (Å²) < 4.78 is 5.44. The molecule has 0 spiro atoms. The summed E-state index contributed by atoms with van der Waals surface area (Å²) in [5, 5.41) is 0. The molecule has 0 atom stereocenters. The Labute approximate surface area is 80.0 Å². The third-order valence-electron chi connectivity index (χ3n) is 1.78. The van der Waals surface area contributed by atoms with E-state index < -0.39 is 0 Å². The first-order chi connectivity index (χ1) is 6.29. The number of aromatic nitrogens is 1. The Hall–Kier alpha value is -0.890. The van der Waals surface area contributed by atoms with E-state index in [2.05, 4.69) is 24.9 Å². The second kappa shape index (κ2) is 5.70. The molecular formula is C11H17NO. The predicted molar refractivity (Wildman–Crippen MR) is 53.6 cm³/mol. The summed E-state index contributed by atoms with van der Waals surface area (Å²) in [7, 11) is 0. The zero-order valence-electron chi connectivity index (χ0n) is 8.36. The molecule has 0 unspecified atom stereocenters. The molecule has 0 N–H and O–H groups in total. The van der Waals surface area contributed by atoms with E-state index in [1.54, 1.807) is 6.20 Å². The Balaban J connectivity index is 2.13. The Morgan fingerprint density at radius 3 is 2.92 bits per heavy atom. The van der Waals surface area contributed by atoms with E-state index in [1.807, 2.05) is 12.3 Å². The Bertz CT molecular complexity index is 221. The first-order valence-electron chi connectivity index (χ1n) is 4.79. The average molecular weight is 179 g/mol. The largest absolute Gasteiger partial charge is 0.379 e. The highest BCUT2D eigenvalue weighted by atomic mass is 16.5. The number of aryl methyl sites for hydroxylation is 1. The number of hydrogen-bond acceptors (Lipinski definition) is 2. The van der Waals surface area contributed by atoms with Gasteiger partial charge in [0, 0.05) is 19.0 Å². The maximum atomic E-state index is 5.44. The quantitative estimate of drug-likeness (QED) is 0.648. The van der Waals surface area contributed by atoms with Crippen LogP contribution >= 0.6 is 0 Å². The van der Waals surface area contributed by atoms with Crippen LogP contribution < -0.4 is 0 Å². The van der Waals surface area contributed by atoms with Crippen molar-refractivity contribution in [1.29, 1.82) is 0 Å². The van der Waals surface area contributed by atoms with Crippen LogP contribution in [0.1, 0.15) is 25.8 Å². The van der Waals surface area contributed by atoms with Crippen molar-refractivity contribution in [2.45, 2.75) is 32.8 Å². The lowest BCUT2D eigenvalue weighted by Gasteiger charge is -2.06. The van der Waals surface area contributed by atoms with E-state index in [4.69, 9.17) is 4.74 Å². The lowest BCUT2D eigenvalue weighted by molar-refractivity contribution is 0.0772. The van der Waals surface area contributed by atoms with Gasteiger partial charge in [-0.3, -0.25) is 4.98 Å². The molecule has 1 heterocycles. The third kappa shape index (κ3) is 4.63. The monoisotopic (exact) mass is 179 g/mol. The molecule has 13 heavy (non-hydrogen) atoms. The Morgan fingerprint density at radius 2 is 2.31 bits per heavy atom. The van der Waals surface area contributed by atoms with E-state index in [0.29, 0.717) is 6.10 Å². The van der Waals surface area contributed by atoms with E-state index in [1.165, 1.54) is 5.56 Å². The number of pyridine rings is 1. The molecule has 0 radical (unpaired) electrons. The van der Waals surface area contributed by atoms with E-state index in [-0.39, 0.29) is 0 Å². The van der Waals surface area contributed by atoms with Crippen molar-refractivity contribution < 1.29 is 4.74 Å². The molecule has 2 nitrogen and oxygen atoms in total. The van der Waals surface area contributed by atoms with Gasteiger partial charge in [-0.15, -0.1) is 0 Å². The normalized spacial score (nSPS) is 10.7. The first-order valence-corrected chi connectivity index (χ1v) is 4.79. The van der Waals surface area contributed by atoms with Crippen LogP contribution in [0.15, 0.2) is 24.5 Å². The van der Waals surface area contributed by atoms with Gasteiger partial charge in [0.25, 0.3) is 0 Å². The smallest absolute Gasteiger partial charge is 0.0518 e. The summed E-state index contributed by atoms with van der Waals surface area (Å²) in [6.45, 7) is 4.96. The molecule has 0 saturated heterocycles. The fourth-order valence-electron chi connectivity index (χ4n) is 1.14. The lowest BCUT2D eigenvalue weighted by atomic mass is 10.2. The zero-order valence-corrected chi connectivity index (χ0v) is 8.36. The zero-order chi connectivity index (χ0) is 9.52. The molecule has 0 aliphatic rings. The van der Waals surface area contributed by atoms with Gasteiger partial charge >= 0.3 is 0 Å². The van der Waals surface area contributed by atoms with Gasteiger partial charge in [0.2, 0.25) is 0 Å². The van der Waals surface area contributed by atoms with E-state index >= 15 is 0 Å². The fourth-order valence-corrected chi connectivity index (χ4v) is 1.14. The van der Waals surface area contributed by atoms with Crippen molar-refractivity contribution in [1.82, 2.24) is 4.98 Å². The molecule has 0 bridgehead atoms. The number of hydrogen-bond donors (Lipinski definition) is 0. The van der Waals surface area contributed by atoms with Gasteiger partial charge < -0.3 is 4.74 Å². The van der Waals surface area contributed by atoms with Gasteiger partial charge in [0.1, 0.15) is 0 Å². The number of nitrogens with zero attached hydrogens (tertiary/aromatic N) is 1. The highest BCUT2D eigenvalue weighted by Gasteiger charge is 1.94. The summed E-state index contributed by atoms with van der Waals surface area (Å²) in [4.78, 5) is 4.06. The molecule has 2 heteroatoms. The fraction of sp³-hybridized carbons (Fsp3) is 0.545. The van der Waals surface area contributed by atoms with Crippen LogP contribution in [0.2, 0.25) is 0 Å². The minimum absolute atomic E-state index is 0.342. The molecule has 1 aromatic rings. The highest BCUT2D eigenvalue weighted by molar-refractivity contribution is 5.08. The Kier molecular flexibility index (Phi) is 4.47. The minimum Gasteiger partial charge on any atom is -0.379 e. The van der Waals surface area contributed by atoms with Crippen molar-refractivity contribution in [3.05, 3.63) is 30.1 Å². The van der Waals surface area contributed by atoms with Gasteiger partial charge in [-0.2, -0.15) is 0 Å². The van der Waals surface area contributed by atoms with Crippen molar-refractivity contribution in [3.8, 4) is 0 Å². The predicted octanol–water partition coefficient (Wildman–Crippen LogP) is 2.44. The maximum absolute atomic E-state index is 5.44. The maximum Gasteiger partial charge on any atom is 0.0518 e. The Morgan fingerprint density at radius 1 is 1.46 bits per heavy atom. The molecule has 0 aromatic carbocycles. The van der Waals surface area contributed by atoms with Gasteiger partial charge in [-0.25, -0.2) is 0 Å². The molecule has 0 fully saturated rings. The lowest BCUT2D eigenvalue weighted by Crippen LogP contribution is -2.04. The van der Waals surface area contributed by atoms with Crippen LogP contribution in [0, 0.1) is 0 Å². The summed E-state index contributed by atoms with van der Waals surface area (Å²) in [6.07, 6.45) is 6.18. The van der Waals surface area contributed by atoms with Crippen molar-refractivity contribution >= 4 is 0 Å². The summed E-state index contributed by atoms with van der Waals surface area (Å²) in [5.41, 5.74) is 1.29. The van der Waals surface area contributed by atoms with Crippen molar-refractivity contribution in [3.63, 3.8) is 0 Å². The number of ether oxygens (including phenoxy) is 1. The van der Waals surface area contributed by atoms with Crippen LogP contribution in [0.5, 0.6) is 0 Å². The number of rotatable bonds is 5. The topological polar surface area (TPSA) is 22.1 Å². The molecular weight excluding hydrogens is 162 g/mol. The molecule has 1 rings (SSSR count). The summed E-state index contributed by atoms with van der Waals surface area (Å²) in [6, 6.07) is 4.07. The second-order valence-corrected chi connectivity index (χ2v) is 3.38. The van der Waals surface area contributed by atoms with Crippen LogP contribution in [-0.2, 0) is 11.2 Å². The minimum atomic E-state index is 0.342. The third-order valence-corrected chi connectivity index (χ3v) is 1.78. The standard InChI is InChI=1S/C11H17NO/c1-10(2)13-8-4-6-11-5-3-7-12-9-11/h3,5,7,9-10H,4,6,8H2,1-2H3. The molecule has 0 saturated carbocycles. The van der Waals surface area contributed by atoms with Crippen LogP contribution in [0.25, 0.3) is 0 Å². The molecule has 1 aromatic heterocycles. The van der Waals surface area contributed by atoms with Crippen LogP contribution in [0.3, 0.4) is 0 Å². The molecule has 0 aliphatic heterocycles. The summed E-state index contributed by atoms with van der Waals surface area (Å²) >= 11 is 0. The second-order valence-electron chi connectivity index (χ2n) is 3.38. The first kappa shape index (κ1) is 10.2. The van der Waals surface area contributed by atoms with Crippen LogP contribution in [-0.4, -0.2) is 17.7 Å². The van der Waals surface area contributed by atoms with Gasteiger partial charge in [0.05, 0.1) is 6.10 Å². The molecule has 0 amide bonds. The van der Waals surface area contributed by atoms with Gasteiger partial charge in [0.15, 0.2) is 0 Å². The van der Waals surface area contributed by atoms with E-state index in [0.717, 1.165) is 19.4 Å². The highest BCUT2D eigenvalue weighted by Crippen LogP contribution is 2.01. The molecule has 0 aliphatic carbocycles. The van der Waals surface area contributed by atoms with Crippen molar-refractivity contribution in [2.24, 2.45) is 0 Å². The van der Waals surface area contributed by atoms with E-state index in [9.17, 15) is 0 Å². The van der Waals surface area contributed by atoms with Gasteiger partial charge in [-0.1, -0.05) is 6.07 Å². The summed E-state index contributed by atoms with van der Waals surface area (Å²) in [5.74, 6) is 0. The van der Waals surface area contributed by atoms with Crippen LogP contribution in [0.4, 0.5) is 0 Å². The SMILES string of the molecule is CC(C)OCCCc1cccnc1. The molecule has 72 valence electrons. The van der Waals surface area contributed by atoms with Gasteiger partial charge in [-0.05, 0) is 38.3 Å². The van der Waals surface area contributed by atoms with Crippen molar-refractivity contribution in [2.75, 3.05) is 6.61 Å².